The lowest BCUT2D eigenvalue weighted by Crippen LogP contribution is -2.37. The van der Waals surface area contributed by atoms with Crippen LogP contribution in [0.5, 0.6) is 0 Å². The molecular formula is C18H21NO3S. The fourth-order valence-electron chi connectivity index (χ4n) is 2.78. The quantitative estimate of drug-likeness (QED) is 0.732. The van der Waals surface area contributed by atoms with Crippen LogP contribution in [-0.4, -0.2) is 32.0 Å². The molecule has 1 heterocycles. The zero-order valence-corrected chi connectivity index (χ0v) is 13.9. The van der Waals surface area contributed by atoms with Crippen LogP contribution in [0.2, 0.25) is 0 Å². The molecule has 5 heteroatoms. The summed E-state index contributed by atoms with van der Waals surface area (Å²) >= 11 is 0. The number of hydrogen-bond donors (Lipinski definition) is 0. The number of rotatable bonds is 7. The zero-order valence-electron chi connectivity index (χ0n) is 13.1. The van der Waals surface area contributed by atoms with E-state index in [0.717, 1.165) is 5.56 Å². The van der Waals surface area contributed by atoms with E-state index < -0.39 is 10.0 Å². The molecule has 0 N–H and O–H groups in total. The Hall–Kier alpha value is -1.69. The second-order valence-corrected chi connectivity index (χ2v) is 7.57. The largest absolute Gasteiger partial charge is 0.372 e. The monoisotopic (exact) mass is 331 g/mol. The molecule has 1 aliphatic rings. The van der Waals surface area contributed by atoms with Gasteiger partial charge in [0.25, 0.3) is 0 Å². The molecule has 1 saturated heterocycles. The standard InChI is InChI=1S/C18H21NO3S/c1-2-18(15-9-5-3-6-10-15)19(13-16-14-22-16)23(20,21)17-11-7-4-8-12-17/h3-12,16,18H,2,13-14H2,1H3. The smallest absolute Gasteiger partial charge is 0.243 e. The van der Waals surface area contributed by atoms with Gasteiger partial charge in [0, 0.05) is 12.6 Å². The molecule has 1 fully saturated rings. The predicted molar refractivity (Wildman–Crippen MR) is 89.5 cm³/mol. The highest BCUT2D eigenvalue weighted by molar-refractivity contribution is 7.89. The van der Waals surface area contributed by atoms with Crippen LogP contribution in [0.3, 0.4) is 0 Å². The maximum absolute atomic E-state index is 13.1. The maximum Gasteiger partial charge on any atom is 0.243 e. The average Bonchev–Trinajstić information content (AvgIpc) is 3.40. The van der Waals surface area contributed by atoms with Gasteiger partial charge < -0.3 is 4.74 Å². The van der Waals surface area contributed by atoms with E-state index >= 15 is 0 Å². The van der Waals surface area contributed by atoms with Gasteiger partial charge in [0.1, 0.15) is 0 Å². The molecule has 4 nitrogen and oxygen atoms in total. The van der Waals surface area contributed by atoms with E-state index in [9.17, 15) is 8.42 Å². The topological polar surface area (TPSA) is 49.9 Å². The van der Waals surface area contributed by atoms with Gasteiger partial charge in [0.05, 0.1) is 17.6 Å². The van der Waals surface area contributed by atoms with Crippen molar-refractivity contribution in [2.24, 2.45) is 0 Å². The molecule has 0 saturated carbocycles. The summed E-state index contributed by atoms with van der Waals surface area (Å²) in [6.45, 7) is 3.04. The highest BCUT2D eigenvalue weighted by atomic mass is 32.2. The molecule has 122 valence electrons. The molecule has 2 atom stereocenters. The van der Waals surface area contributed by atoms with Gasteiger partial charge in [-0.2, -0.15) is 4.31 Å². The summed E-state index contributed by atoms with van der Waals surface area (Å²) in [6.07, 6.45) is 0.717. The zero-order chi connectivity index (χ0) is 16.3. The van der Waals surface area contributed by atoms with Gasteiger partial charge in [-0.25, -0.2) is 8.42 Å². The van der Waals surface area contributed by atoms with Gasteiger partial charge >= 0.3 is 0 Å². The molecule has 2 unspecified atom stereocenters. The van der Waals surface area contributed by atoms with Crippen molar-refractivity contribution in [1.29, 1.82) is 0 Å². The Morgan fingerprint density at radius 1 is 1.09 bits per heavy atom. The molecule has 2 aromatic rings. The van der Waals surface area contributed by atoms with E-state index in [2.05, 4.69) is 0 Å². The van der Waals surface area contributed by atoms with Crippen molar-refractivity contribution >= 4 is 10.0 Å². The minimum absolute atomic E-state index is 0.00579. The number of hydrogen-bond acceptors (Lipinski definition) is 3. The summed E-state index contributed by atoms with van der Waals surface area (Å²) in [5.41, 5.74) is 1.01. The molecule has 2 aromatic carbocycles. The first-order valence-corrected chi connectivity index (χ1v) is 9.30. The van der Waals surface area contributed by atoms with Crippen molar-refractivity contribution in [3.05, 3.63) is 66.2 Å². The van der Waals surface area contributed by atoms with Crippen LogP contribution in [0.15, 0.2) is 65.6 Å². The Bertz CT molecular complexity index is 727. The van der Waals surface area contributed by atoms with Crippen LogP contribution < -0.4 is 0 Å². The molecular weight excluding hydrogens is 310 g/mol. The highest BCUT2D eigenvalue weighted by Gasteiger charge is 2.37. The fourth-order valence-corrected chi connectivity index (χ4v) is 4.52. The second-order valence-electron chi connectivity index (χ2n) is 5.68. The summed E-state index contributed by atoms with van der Waals surface area (Å²) in [4.78, 5) is 0.329. The third-order valence-corrected chi connectivity index (χ3v) is 5.94. The van der Waals surface area contributed by atoms with Gasteiger partial charge in [0.15, 0.2) is 0 Å². The van der Waals surface area contributed by atoms with E-state index in [1.807, 2.05) is 43.3 Å². The third kappa shape index (κ3) is 3.63. The van der Waals surface area contributed by atoms with Gasteiger partial charge in [0.2, 0.25) is 10.0 Å². The second kappa shape index (κ2) is 6.83. The fraction of sp³-hybridized carbons (Fsp3) is 0.333. The van der Waals surface area contributed by atoms with Crippen molar-refractivity contribution in [2.45, 2.75) is 30.4 Å². The molecule has 1 aliphatic heterocycles. The molecule has 0 spiro atoms. The van der Waals surface area contributed by atoms with E-state index in [4.69, 9.17) is 4.74 Å². The Morgan fingerprint density at radius 3 is 2.17 bits per heavy atom. The summed E-state index contributed by atoms with van der Waals surface area (Å²) in [7, 11) is -3.56. The van der Waals surface area contributed by atoms with Crippen LogP contribution in [0.25, 0.3) is 0 Å². The van der Waals surface area contributed by atoms with E-state index in [0.29, 0.717) is 24.5 Å². The predicted octanol–water partition coefficient (Wildman–Crippen LogP) is 3.23. The molecule has 0 aliphatic carbocycles. The molecule has 3 rings (SSSR count). The molecule has 0 radical (unpaired) electrons. The Kier molecular flexibility index (Phi) is 4.80. The van der Waals surface area contributed by atoms with Crippen molar-refractivity contribution in [2.75, 3.05) is 13.2 Å². The molecule has 0 aromatic heterocycles. The molecule has 0 amide bonds. The lowest BCUT2D eigenvalue weighted by Gasteiger charge is -2.30. The van der Waals surface area contributed by atoms with Gasteiger partial charge in [-0.3, -0.25) is 0 Å². The lowest BCUT2D eigenvalue weighted by atomic mass is 10.0. The first kappa shape index (κ1) is 16.2. The number of ether oxygens (including phenoxy) is 1. The first-order valence-electron chi connectivity index (χ1n) is 7.86. The minimum atomic E-state index is -3.56. The summed E-state index contributed by atoms with van der Waals surface area (Å²) in [6, 6.07) is 18.2. The Labute approximate surface area is 137 Å². The third-order valence-electron chi connectivity index (χ3n) is 4.05. The van der Waals surface area contributed by atoms with Crippen molar-refractivity contribution in [3.63, 3.8) is 0 Å². The summed E-state index contributed by atoms with van der Waals surface area (Å²) < 4.78 is 33.2. The van der Waals surface area contributed by atoms with Gasteiger partial charge in [-0.1, -0.05) is 55.5 Å². The average molecular weight is 331 g/mol. The number of epoxide rings is 1. The van der Waals surface area contributed by atoms with Crippen molar-refractivity contribution in [3.8, 4) is 0 Å². The highest BCUT2D eigenvalue weighted by Crippen LogP contribution is 2.32. The van der Waals surface area contributed by atoms with Gasteiger partial charge in [-0.05, 0) is 24.1 Å². The normalized spacial score (nSPS) is 18.8. The maximum atomic E-state index is 13.1. The number of sulfonamides is 1. The lowest BCUT2D eigenvalue weighted by molar-refractivity contribution is 0.278. The first-order chi connectivity index (χ1) is 11.1. The number of nitrogens with zero attached hydrogens (tertiary/aromatic N) is 1. The number of benzene rings is 2. The molecule has 23 heavy (non-hydrogen) atoms. The van der Waals surface area contributed by atoms with E-state index in [1.165, 1.54) is 0 Å². The van der Waals surface area contributed by atoms with Crippen LogP contribution in [-0.2, 0) is 14.8 Å². The Balaban J connectivity index is 1.99. The van der Waals surface area contributed by atoms with Crippen molar-refractivity contribution < 1.29 is 13.2 Å². The van der Waals surface area contributed by atoms with Crippen LogP contribution in [0.1, 0.15) is 24.9 Å². The van der Waals surface area contributed by atoms with Crippen molar-refractivity contribution in [1.82, 2.24) is 4.31 Å². The summed E-state index contributed by atoms with van der Waals surface area (Å²) in [5, 5.41) is 0. The van der Waals surface area contributed by atoms with Crippen LogP contribution in [0, 0.1) is 0 Å². The van der Waals surface area contributed by atoms with E-state index in [1.54, 1.807) is 28.6 Å². The minimum Gasteiger partial charge on any atom is -0.372 e. The SMILES string of the molecule is CCC(c1ccccc1)N(CC1CO1)S(=O)(=O)c1ccccc1. The van der Waals surface area contributed by atoms with E-state index in [-0.39, 0.29) is 12.1 Å². The summed E-state index contributed by atoms with van der Waals surface area (Å²) in [5.74, 6) is 0. The van der Waals surface area contributed by atoms with Gasteiger partial charge in [-0.15, -0.1) is 0 Å². The molecule has 0 bridgehead atoms. The Morgan fingerprint density at radius 2 is 1.65 bits per heavy atom. The van der Waals surface area contributed by atoms with Crippen LogP contribution >= 0.6 is 0 Å². The van der Waals surface area contributed by atoms with Crippen LogP contribution in [0.4, 0.5) is 0 Å².